The Bertz CT molecular complexity index is 342. The topological polar surface area (TPSA) is 26.3 Å². The summed E-state index contributed by atoms with van der Waals surface area (Å²) in [4.78, 5) is 11.2. The second-order valence-corrected chi connectivity index (χ2v) is 3.14. The number of cyclic esters (lactones) is 1. The molecule has 0 fully saturated rings. The summed E-state index contributed by atoms with van der Waals surface area (Å²) in [5.74, 6) is -0.193. The van der Waals surface area contributed by atoms with E-state index in [9.17, 15) is 4.79 Å². The van der Waals surface area contributed by atoms with Crippen LogP contribution in [0, 0.1) is 6.92 Å². The molecule has 1 atom stereocenters. The van der Waals surface area contributed by atoms with Crippen molar-refractivity contribution in [3.8, 4) is 0 Å². The number of fused-ring (bicyclic) bond motifs is 1. The molecule has 0 saturated carbocycles. The fourth-order valence-electron chi connectivity index (χ4n) is 1.49. The van der Waals surface area contributed by atoms with Gasteiger partial charge < -0.3 is 4.74 Å². The second kappa shape index (κ2) is 2.34. The average molecular weight is 162 g/mol. The van der Waals surface area contributed by atoms with Crippen molar-refractivity contribution in [1.82, 2.24) is 0 Å². The number of rotatable bonds is 0. The van der Waals surface area contributed by atoms with Crippen molar-refractivity contribution < 1.29 is 9.53 Å². The van der Waals surface area contributed by atoms with Crippen LogP contribution in [-0.4, -0.2) is 5.97 Å². The Hall–Kier alpha value is -1.31. The van der Waals surface area contributed by atoms with Gasteiger partial charge in [-0.2, -0.15) is 0 Å². The molecule has 2 rings (SSSR count). The molecule has 0 bridgehead atoms. The number of esters is 1. The lowest BCUT2D eigenvalue weighted by Gasteiger charge is -2.00. The maximum absolute atomic E-state index is 11.2. The van der Waals surface area contributed by atoms with Gasteiger partial charge in [-0.25, -0.2) is 4.79 Å². The molecule has 1 heterocycles. The lowest BCUT2D eigenvalue weighted by molar-refractivity contribution is 0.0422. The molecule has 0 radical (unpaired) electrons. The maximum Gasteiger partial charge on any atom is 0.339 e. The lowest BCUT2D eigenvalue weighted by Crippen LogP contribution is -1.94. The third kappa shape index (κ3) is 0.916. The molecule has 1 aliphatic heterocycles. The number of benzene rings is 1. The maximum atomic E-state index is 11.2. The predicted octanol–water partition coefficient (Wildman–Crippen LogP) is 2.23. The highest BCUT2D eigenvalue weighted by molar-refractivity contribution is 5.94. The Morgan fingerprint density at radius 1 is 1.42 bits per heavy atom. The highest BCUT2D eigenvalue weighted by Gasteiger charge is 2.26. The number of carbonyl (C=O) groups is 1. The van der Waals surface area contributed by atoms with Gasteiger partial charge in [0.2, 0.25) is 0 Å². The average Bonchev–Trinajstić information content (AvgIpc) is 2.28. The Labute approximate surface area is 71.2 Å². The molecule has 1 aromatic rings. The van der Waals surface area contributed by atoms with Gasteiger partial charge in [-0.05, 0) is 19.9 Å². The predicted molar refractivity (Wildman–Crippen MR) is 45.0 cm³/mol. The van der Waals surface area contributed by atoms with Crippen molar-refractivity contribution in [2.24, 2.45) is 0 Å². The monoisotopic (exact) mass is 162 g/mol. The van der Waals surface area contributed by atoms with E-state index in [-0.39, 0.29) is 12.1 Å². The summed E-state index contributed by atoms with van der Waals surface area (Å²) in [7, 11) is 0. The smallest absolute Gasteiger partial charge is 0.339 e. The van der Waals surface area contributed by atoms with Gasteiger partial charge in [0.25, 0.3) is 0 Å². The molecule has 2 nitrogen and oxygen atoms in total. The highest BCUT2D eigenvalue weighted by Crippen LogP contribution is 2.30. The summed E-state index contributed by atoms with van der Waals surface area (Å²) in [6.07, 6.45) is -0.0758. The van der Waals surface area contributed by atoms with E-state index in [1.54, 1.807) is 0 Å². The van der Waals surface area contributed by atoms with Crippen molar-refractivity contribution in [3.05, 3.63) is 34.9 Å². The van der Waals surface area contributed by atoms with Crippen LogP contribution in [0.5, 0.6) is 0 Å². The van der Waals surface area contributed by atoms with Crippen molar-refractivity contribution in [1.29, 1.82) is 0 Å². The zero-order valence-corrected chi connectivity index (χ0v) is 7.13. The van der Waals surface area contributed by atoms with Crippen molar-refractivity contribution in [3.63, 3.8) is 0 Å². The third-order valence-electron chi connectivity index (χ3n) is 2.15. The molecule has 1 unspecified atom stereocenters. The van der Waals surface area contributed by atoms with E-state index in [0.717, 1.165) is 16.7 Å². The summed E-state index contributed by atoms with van der Waals surface area (Å²) in [5.41, 5.74) is 2.83. The molecule has 1 aliphatic rings. The fraction of sp³-hybridized carbons (Fsp3) is 0.300. The van der Waals surface area contributed by atoms with E-state index >= 15 is 0 Å². The van der Waals surface area contributed by atoms with Crippen LogP contribution in [0.4, 0.5) is 0 Å². The number of hydrogen-bond donors (Lipinski definition) is 0. The molecule has 0 amide bonds. The first-order valence-corrected chi connectivity index (χ1v) is 4.00. The van der Waals surface area contributed by atoms with Gasteiger partial charge in [-0.1, -0.05) is 17.7 Å². The Kier molecular flexibility index (Phi) is 1.43. The van der Waals surface area contributed by atoms with Crippen LogP contribution in [0.3, 0.4) is 0 Å². The number of hydrogen-bond acceptors (Lipinski definition) is 2. The van der Waals surface area contributed by atoms with Gasteiger partial charge in [0.1, 0.15) is 6.10 Å². The minimum atomic E-state index is -0.193. The Balaban J connectivity index is 2.60. The molecule has 2 heteroatoms. The van der Waals surface area contributed by atoms with E-state index in [4.69, 9.17) is 4.74 Å². The van der Waals surface area contributed by atoms with E-state index in [0.29, 0.717) is 0 Å². The van der Waals surface area contributed by atoms with Gasteiger partial charge in [-0.3, -0.25) is 0 Å². The normalized spacial score (nSPS) is 20.5. The minimum Gasteiger partial charge on any atom is -0.454 e. The zero-order chi connectivity index (χ0) is 8.72. The molecule has 12 heavy (non-hydrogen) atoms. The van der Waals surface area contributed by atoms with Crippen LogP contribution >= 0.6 is 0 Å². The molecule has 0 saturated heterocycles. The summed E-state index contributed by atoms with van der Waals surface area (Å²) in [6.45, 7) is 3.86. The standard InChI is InChI=1S/C10H10O2/c1-6-3-4-8-7(2)12-10(11)9(8)5-6/h3-5,7H,1-2H3. The van der Waals surface area contributed by atoms with Crippen LogP contribution in [0.25, 0.3) is 0 Å². The molecule has 0 spiro atoms. The number of ether oxygens (including phenoxy) is 1. The Morgan fingerprint density at radius 2 is 2.17 bits per heavy atom. The fourth-order valence-corrected chi connectivity index (χ4v) is 1.49. The van der Waals surface area contributed by atoms with Gasteiger partial charge in [0, 0.05) is 5.56 Å². The van der Waals surface area contributed by atoms with Crippen molar-refractivity contribution in [2.45, 2.75) is 20.0 Å². The number of aryl methyl sites for hydroxylation is 1. The first-order chi connectivity index (χ1) is 5.68. The molecule has 62 valence electrons. The molecule has 0 N–H and O–H groups in total. The lowest BCUT2D eigenvalue weighted by atomic mass is 10.0. The molecule has 0 aromatic heterocycles. The Morgan fingerprint density at radius 3 is 2.92 bits per heavy atom. The van der Waals surface area contributed by atoms with Gasteiger partial charge >= 0.3 is 5.97 Å². The third-order valence-corrected chi connectivity index (χ3v) is 2.15. The summed E-state index contributed by atoms with van der Waals surface area (Å²) in [5, 5.41) is 0. The van der Waals surface area contributed by atoms with Crippen LogP contribution in [0.15, 0.2) is 18.2 Å². The zero-order valence-electron chi connectivity index (χ0n) is 7.13. The van der Waals surface area contributed by atoms with E-state index in [2.05, 4.69) is 0 Å². The van der Waals surface area contributed by atoms with Gasteiger partial charge in [-0.15, -0.1) is 0 Å². The van der Waals surface area contributed by atoms with Crippen LogP contribution in [0.1, 0.15) is 34.5 Å². The van der Waals surface area contributed by atoms with Crippen LogP contribution in [-0.2, 0) is 4.74 Å². The summed E-state index contributed by atoms with van der Waals surface area (Å²) >= 11 is 0. The van der Waals surface area contributed by atoms with E-state index in [1.165, 1.54) is 0 Å². The largest absolute Gasteiger partial charge is 0.454 e. The molecular formula is C10H10O2. The van der Waals surface area contributed by atoms with E-state index < -0.39 is 0 Å². The minimum absolute atomic E-state index is 0.0758. The van der Waals surface area contributed by atoms with Gasteiger partial charge in [0.15, 0.2) is 0 Å². The SMILES string of the molecule is Cc1ccc2c(c1)C(=O)OC2C. The highest BCUT2D eigenvalue weighted by atomic mass is 16.5. The molecular weight excluding hydrogens is 152 g/mol. The van der Waals surface area contributed by atoms with Crippen LogP contribution in [0.2, 0.25) is 0 Å². The molecule has 1 aromatic carbocycles. The first-order valence-electron chi connectivity index (χ1n) is 4.00. The summed E-state index contributed by atoms with van der Waals surface area (Å²) in [6, 6.07) is 5.83. The van der Waals surface area contributed by atoms with Crippen molar-refractivity contribution >= 4 is 5.97 Å². The molecule has 0 aliphatic carbocycles. The van der Waals surface area contributed by atoms with Crippen molar-refractivity contribution in [2.75, 3.05) is 0 Å². The van der Waals surface area contributed by atoms with Gasteiger partial charge in [0.05, 0.1) is 5.56 Å². The first kappa shape index (κ1) is 7.35. The van der Waals surface area contributed by atoms with Crippen LogP contribution < -0.4 is 0 Å². The number of carbonyl (C=O) groups excluding carboxylic acids is 1. The van der Waals surface area contributed by atoms with E-state index in [1.807, 2.05) is 32.0 Å². The second-order valence-electron chi connectivity index (χ2n) is 3.14. The quantitative estimate of drug-likeness (QED) is 0.547. The summed E-state index contributed by atoms with van der Waals surface area (Å²) < 4.78 is 5.05.